The molecule has 0 bridgehead atoms. The van der Waals surface area contributed by atoms with Gasteiger partial charge in [-0.1, -0.05) is 6.07 Å². The van der Waals surface area contributed by atoms with Gasteiger partial charge in [0.1, 0.15) is 5.82 Å². The van der Waals surface area contributed by atoms with Gasteiger partial charge in [0, 0.05) is 13.1 Å². The summed E-state index contributed by atoms with van der Waals surface area (Å²) in [6.07, 6.45) is -2.78. The predicted octanol–water partition coefficient (Wildman–Crippen LogP) is 3.72. The summed E-state index contributed by atoms with van der Waals surface area (Å²) in [4.78, 5) is 13.6. The van der Waals surface area contributed by atoms with E-state index in [1.54, 1.807) is 6.92 Å². The van der Waals surface area contributed by atoms with Crippen molar-refractivity contribution in [1.82, 2.24) is 4.90 Å². The summed E-state index contributed by atoms with van der Waals surface area (Å²) in [6, 6.07) is 2.80. The Labute approximate surface area is 114 Å². The van der Waals surface area contributed by atoms with Gasteiger partial charge in [-0.25, -0.2) is 4.39 Å². The molecular formula is C14H15F4NO. The van der Waals surface area contributed by atoms with Gasteiger partial charge >= 0.3 is 6.18 Å². The highest BCUT2D eigenvalue weighted by molar-refractivity contribution is 5.94. The maximum Gasteiger partial charge on any atom is 0.419 e. The third-order valence-corrected chi connectivity index (χ3v) is 3.38. The summed E-state index contributed by atoms with van der Waals surface area (Å²) in [5.41, 5.74) is -1.91. The Balaban J connectivity index is 2.29. The maximum atomic E-state index is 13.9. The molecule has 1 aromatic rings. The van der Waals surface area contributed by atoms with Crippen LogP contribution in [0.4, 0.5) is 17.6 Å². The Kier molecular flexibility index (Phi) is 4.01. The van der Waals surface area contributed by atoms with E-state index in [-0.39, 0.29) is 0 Å². The number of carbonyl (C=O) groups is 1. The number of benzene rings is 1. The molecule has 0 saturated heterocycles. The highest BCUT2D eigenvalue weighted by atomic mass is 19.4. The lowest BCUT2D eigenvalue weighted by molar-refractivity contribution is -0.140. The topological polar surface area (TPSA) is 20.3 Å². The average molecular weight is 289 g/mol. The van der Waals surface area contributed by atoms with Crippen LogP contribution >= 0.6 is 0 Å². The number of halogens is 4. The lowest BCUT2D eigenvalue weighted by Crippen LogP contribution is -2.33. The van der Waals surface area contributed by atoms with Gasteiger partial charge in [0.05, 0.1) is 11.1 Å². The van der Waals surface area contributed by atoms with Gasteiger partial charge in [-0.2, -0.15) is 13.2 Å². The normalized spacial score (nSPS) is 15.2. The van der Waals surface area contributed by atoms with Gasteiger partial charge in [-0.15, -0.1) is 0 Å². The van der Waals surface area contributed by atoms with Gasteiger partial charge < -0.3 is 4.90 Å². The van der Waals surface area contributed by atoms with Crippen LogP contribution in [0.2, 0.25) is 0 Å². The van der Waals surface area contributed by atoms with E-state index in [0.29, 0.717) is 25.1 Å². The Bertz CT molecular complexity index is 508. The summed E-state index contributed by atoms with van der Waals surface area (Å²) in [5, 5.41) is 0. The minimum absolute atomic E-state index is 0.352. The number of hydrogen-bond donors (Lipinski definition) is 0. The van der Waals surface area contributed by atoms with Crippen molar-refractivity contribution in [3.05, 3.63) is 35.1 Å². The van der Waals surface area contributed by atoms with Crippen LogP contribution < -0.4 is 0 Å². The summed E-state index contributed by atoms with van der Waals surface area (Å²) >= 11 is 0. The third kappa shape index (κ3) is 3.11. The number of alkyl halides is 3. The van der Waals surface area contributed by atoms with Crippen molar-refractivity contribution in [2.45, 2.75) is 25.9 Å². The molecule has 1 aliphatic rings. The standard InChI is InChI=1S/C14H15F4NO/c1-2-19(8-9-6-7-9)13(20)10-4-3-5-11(12(10)15)14(16,17)18/h3-5,9H,2,6-8H2,1H3. The summed E-state index contributed by atoms with van der Waals surface area (Å²) in [6.45, 7) is 2.56. The summed E-state index contributed by atoms with van der Waals surface area (Å²) in [7, 11) is 0. The first-order chi connectivity index (χ1) is 9.34. The van der Waals surface area contributed by atoms with Crippen molar-refractivity contribution in [2.24, 2.45) is 5.92 Å². The fraction of sp³-hybridized carbons (Fsp3) is 0.500. The Morgan fingerprint density at radius 2 is 2.00 bits per heavy atom. The zero-order valence-electron chi connectivity index (χ0n) is 11.0. The van der Waals surface area contributed by atoms with Gasteiger partial charge in [-0.3, -0.25) is 4.79 Å². The molecule has 0 atom stereocenters. The number of rotatable bonds is 4. The molecule has 0 spiro atoms. The Hall–Kier alpha value is -1.59. The highest BCUT2D eigenvalue weighted by Crippen LogP contribution is 2.33. The van der Waals surface area contributed by atoms with Crippen molar-refractivity contribution in [2.75, 3.05) is 13.1 Å². The van der Waals surface area contributed by atoms with E-state index in [4.69, 9.17) is 0 Å². The van der Waals surface area contributed by atoms with Crippen molar-refractivity contribution in [3.63, 3.8) is 0 Å². The smallest absolute Gasteiger partial charge is 0.339 e. The second-order valence-corrected chi connectivity index (χ2v) is 4.95. The minimum Gasteiger partial charge on any atom is -0.339 e. The zero-order chi connectivity index (χ0) is 14.9. The van der Waals surface area contributed by atoms with Crippen molar-refractivity contribution >= 4 is 5.91 Å². The number of carbonyl (C=O) groups excluding carboxylic acids is 1. The first-order valence-electron chi connectivity index (χ1n) is 6.49. The van der Waals surface area contributed by atoms with E-state index in [2.05, 4.69) is 0 Å². The van der Waals surface area contributed by atoms with Crippen LogP contribution in [0.1, 0.15) is 35.7 Å². The molecule has 0 unspecified atom stereocenters. The third-order valence-electron chi connectivity index (χ3n) is 3.38. The molecule has 110 valence electrons. The van der Waals surface area contributed by atoms with Gasteiger partial charge in [0.2, 0.25) is 0 Å². The van der Waals surface area contributed by atoms with Gasteiger partial charge in [0.25, 0.3) is 5.91 Å². The molecule has 1 amide bonds. The van der Waals surface area contributed by atoms with Crippen LogP contribution in [-0.4, -0.2) is 23.9 Å². The van der Waals surface area contributed by atoms with Crippen LogP contribution in [0.5, 0.6) is 0 Å². The highest BCUT2D eigenvalue weighted by Gasteiger charge is 2.36. The molecule has 2 nitrogen and oxygen atoms in total. The van der Waals surface area contributed by atoms with Crippen LogP contribution in [0.3, 0.4) is 0 Å². The lowest BCUT2D eigenvalue weighted by Gasteiger charge is -2.21. The molecular weight excluding hydrogens is 274 g/mol. The first kappa shape index (κ1) is 14.8. The van der Waals surface area contributed by atoms with Crippen LogP contribution in [0, 0.1) is 11.7 Å². The summed E-state index contributed by atoms with van der Waals surface area (Å²) in [5.74, 6) is -1.77. The van der Waals surface area contributed by atoms with Crippen LogP contribution in [0.25, 0.3) is 0 Å². The molecule has 1 saturated carbocycles. The monoisotopic (exact) mass is 289 g/mol. The molecule has 0 heterocycles. The van der Waals surface area contributed by atoms with E-state index in [1.165, 1.54) is 4.90 Å². The van der Waals surface area contributed by atoms with Gasteiger partial charge in [-0.05, 0) is 37.8 Å². The van der Waals surface area contributed by atoms with Crippen LogP contribution in [-0.2, 0) is 6.18 Å². The quantitative estimate of drug-likeness (QED) is 0.774. The number of amides is 1. The molecule has 2 rings (SSSR count). The first-order valence-corrected chi connectivity index (χ1v) is 6.49. The molecule has 0 N–H and O–H groups in total. The second-order valence-electron chi connectivity index (χ2n) is 4.95. The zero-order valence-corrected chi connectivity index (χ0v) is 11.0. The molecule has 1 aliphatic carbocycles. The van der Waals surface area contributed by atoms with Gasteiger partial charge in [0.15, 0.2) is 0 Å². The molecule has 0 aromatic heterocycles. The fourth-order valence-corrected chi connectivity index (χ4v) is 2.05. The lowest BCUT2D eigenvalue weighted by atomic mass is 10.1. The molecule has 1 fully saturated rings. The van der Waals surface area contributed by atoms with Crippen molar-refractivity contribution in [1.29, 1.82) is 0 Å². The van der Waals surface area contributed by atoms with E-state index >= 15 is 0 Å². The van der Waals surface area contributed by atoms with E-state index in [0.717, 1.165) is 25.0 Å². The molecule has 0 aliphatic heterocycles. The molecule has 0 radical (unpaired) electrons. The van der Waals surface area contributed by atoms with E-state index in [1.807, 2.05) is 0 Å². The Morgan fingerprint density at radius 1 is 1.35 bits per heavy atom. The summed E-state index contributed by atoms with van der Waals surface area (Å²) < 4.78 is 51.8. The SMILES string of the molecule is CCN(CC1CC1)C(=O)c1cccc(C(F)(F)F)c1F. The van der Waals surface area contributed by atoms with Crippen molar-refractivity contribution in [3.8, 4) is 0 Å². The molecule has 20 heavy (non-hydrogen) atoms. The van der Waals surface area contributed by atoms with Crippen molar-refractivity contribution < 1.29 is 22.4 Å². The van der Waals surface area contributed by atoms with E-state index in [9.17, 15) is 22.4 Å². The largest absolute Gasteiger partial charge is 0.419 e. The minimum atomic E-state index is -4.80. The number of nitrogens with zero attached hydrogens (tertiary/aromatic N) is 1. The second kappa shape index (κ2) is 5.42. The molecule has 6 heteroatoms. The Morgan fingerprint density at radius 3 is 2.50 bits per heavy atom. The number of hydrogen-bond acceptors (Lipinski definition) is 1. The van der Waals surface area contributed by atoms with Crippen LogP contribution in [0.15, 0.2) is 18.2 Å². The fourth-order valence-electron chi connectivity index (χ4n) is 2.05. The predicted molar refractivity (Wildman–Crippen MR) is 65.7 cm³/mol. The molecule has 1 aromatic carbocycles. The average Bonchev–Trinajstić information content (AvgIpc) is 3.18. The maximum absolute atomic E-state index is 13.9. The van der Waals surface area contributed by atoms with E-state index < -0.39 is 29.0 Å².